The number of nitro groups is 1. The summed E-state index contributed by atoms with van der Waals surface area (Å²) in [7, 11) is -1.45. The highest BCUT2D eigenvalue weighted by Crippen LogP contribution is 2.23. The number of hydrogen-bond acceptors (Lipinski definition) is 7. The van der Waals surface area contributed by atoms with Gasteiger partial charge in [-0.2, -0.15) is 0 Å². The Balaban J connectivity index is 1.73. The summed E-state index contributed by atoms with van der Waals surface area (Å²) < 4.78 is 18.2. The Labute approximate surface area is 158 Å². The molecule has 144 valence electrons. The van der Waals surface area contributed by atoms with E-state index in [-0.39, 0.29) is 10.9 Å². The van der Waals surface area contributed by atoms with E-state index < -0.39 is 27.4 Å². The van der Waals surface area contributed by atoms with E-state index in [0.717, 1.165) is 0 Å². The zero-order valence-electron chi connectivity index (χ0n) is 15.2. The fourth-order valence-electron chi connectivity index (χ4n) is 2.76. The van der Waals surface area contributed by atoms with E-state index in [0.29, 0.717) is 35.6 Å². The van der Waals surface area contributed by atoms with Gasteiger partial charge in [0.1, 0.15) is 10.6 Å². The van der Waals surface area contributed by atoms with Gasteiger partial charge < -0.3 is 9.64 Å². The maximum Gasteiger partial charge on any atom is 0.410 e. The minimum atomic E-state index is -1.45. The molecule has 0 spiro atoms. The highest BCUT2D eigenvalue weighted by Gasteiger charge is 2.33. The summed E-state index contributed by atoms with van der Waals surface area (Å²) in [5.74, 6) is 0. The number of nitro benzene ring substituents is 1. The Kier molecular flexibility index (Phi) is 5.09. The van der Waals surface area contributed by atoms with Crippen molar-refractivity contribution in [2.45, 2.75) is 43.1 Å². The molecule has 1 unspecified atom stereocenters. The molecule has 27 heavy (non-hydrogen) atoms. The Bertz CT molecular complexity index is 927. The van der Waals surface area contributed by atoms with Crippen molar-refractivity contribution >= 4 is 33.6 Å². The van der Waals surface area contributed by atoms with Gasteiger partial charge in [0.25, 0.3) is 5.69 Å². The lowest BCUT2D eigenvalue weighted by Gasteiger charge is -2.24. The topological polar surface area (TPSA) is 116 Å². The van der Waals surface area contributed by atoms with Crippen LogP contribution in [0, 0.1) is 10.1 Å². The van der Waals surface area contributed by atoms with Gasteiger partial charge in [0, 0.05) is 25.2 Å². The average Bonchev–Trinajstić information content (AvgIpc) is 3.09. The number of rotatable bonds is 3. The van der Waals surface area contributed by atoms with Gasteiger partial charge in [0.05, 0.1) is 38.2 Å². The van der Waals surface area contributed by atoms with Crippen LogP contribution in [0.1, 0.15) is 27.2 Å². The van der Waals surface area contributed by atoms with Crippen molar-refractivity contribution < 1.29 is 18.7 Å². The molecule has 10 heteroatoms. The Morgan fingerprint density at radius 2 is 2.11 bits per heavy atom. The maximum atomic E-state index is 12.8. The number of hydrogen-bond donors (Lipinski definition) is 0. The van der Waals surface area contributed by atoms with Crippen LogP contribution in [-0.4, -0.2) is 54.0 Å². The van der Waals surface area contributed by atoms with Gasteiger partial charge >= 0.3 is 6.09 Å². The lowest BCUT2D eigenvalue weighted by atomic mass is 10.2. The fourth-order valence-corrected chi connectivity index (χ4v) is 4.08. The molecule has 2 heterocycles. The summed E-state index contributed by atoms with van der Waals surface area (Å²) >= 11 is 0. The first kappa shape index (κ1) is 19.2. The van der Waals surface area contributed by atoms with E-state index in [4.69, 9.17) is 4.74 Å². The molecule has 0 radical (unpaired) electrons. The molecule has 1 saturated heterocycles. The molecule has 1 amide bonds. The van der Waals surface area contributed by atoms with E-state index in [1.54, 1.807) is 25.7 Å². The second-order valence-electron chi connectivity index (χ2n) is 7.27. The van der Waals surface area contributed by atoms with Gasteiger partial charge in [-0.3, -0.25) is 19.3 Å². The van der Waals surface area contributed by atoms with Crippen LogP contribution >= 0.6 is 0 Å². The number of likely N-dealkylation sites (tertiary alicyclic amines) is 1. The standard InChI is InChI=1S/C17H20N4O5S/c1-17(2,3)26-16(22)20-7-6-12(10-20)27(25)15-9-18-14-8-11(21(23)24)4-5-13(14)19-15/h4-5,8-9,12H,6-7,10H2,1-3H3/t12-,27?/m0/s1. The number of carbonyl (C=O) groups excluding carboxylic acids is 1. The first-order chi connectivity index (χ1) is 12.6. The molecule has 1 fully saturated rings. The molecule has 0 bridgehead atoms. The lowest BCUT2D eigenvalue weighted by Crippen LogP contribution is -2.36. The molecular formula is C17H20N4O5S. The Morgan fingerprint density at radius 1 is 1.37 bits per heavy atom. The van der Waals surface area contributed by atoms with Crippen molar-refractivity contribution in [3.05, 3.63) is 34.5 Å². The summed E-state index contributed by atoms with van der Waals surface area (Å²) in [5, 5.41) is 10.9. The van der Waals surface area contributed by atoms with Crippen LogP contribution in [0.5, 0.6) is 0 Å². The van der Waals surface area contributed by atoms with Crippen molar-refractivity contribution in [1.29, 1.82) is 0 Å². The lowest BCUT2D eigenvalue weighted by molar-refractivity contribution is -0.384. The first-order valence-corrected chi connectivity index (χ1v) is 9.65. The maximum absolute atomic E-state index is 12.8. The highest BCUT2D eigenvalue weighted by molar-refractivity contribution is 7.85. The van der Waals surface area contributed by atoms with Gasteiger partial charge in [0.2, 0.25) is 0 Å². The van der Waals surface area contributed by atoms with Gasteiger partial charge in [-0.05, 0) is 33.3 Å². The second kappa shape index (κ2) is 7.18. The summed E-state index contributed by atoms with van der Waals surface area (Å²) in [6.45, 7) is 6.18. The number of carbonyl (C=O) groups is 1. The molecule has 2 aromatic rings. The minimum absolute atomic E-state index is 0.0746. The number of nitrogens with zero attached hydrogens (tertiary/aromatic N) is 4. The molecule has 1 aromatic carbocycles. The van der Waals surface area contributed by atoms with Crippen molar-refractivity contribution in [2.75, 3.05) is 13.1 Å². The third-order valence-electron chi connectivity index (χ3n) is 4.02. The van der Waals surface area contributed by atoms with E-state index in [2.05, 4.69) is 9.97 Å². The first-order valence-electron chi connectivity index (χ1n) is 8.44. The van der Waals surface area contributed by atoms with E-state index in [1.807, 2.05) is 0 Å². The predicted molar refractivity (Wildman–Crippen MR) is 98.8 cm³/mol. The van der Waals surface area contributed by atoms with Crippen LogP contribution in [0.4, 0.5) is 10.5 Å². The number of amides is 1. The Hall–Kier alpha value is -2.62. The van der Waals surface area contributed by atoms with Crippen molar-refractivity contribution in [2.24, 2.45) is 0 Å². The van der Waals surface area contributed by atoms with Crippen LogP contribution < -0.4 is 0 Å². The summed E-state index contributed by atoms with van der Waals surface area (Å²) in [4.78, 5) is 32.5. The quantitative estimate of drug-likeness (QED) is 0.582. The average molecular weight is 392 g/mol. The van der Waals surface area contributed by atoms with E-state index >= 15 is 0 Å². The molecule has 0 saturated carbocycles. The third-order valence-corrected chi connectivity index (χ3v) is 5.62. The molecule has 9 nitrogen and oxygen atoms in total. The number of fused-ring (bicyclic) bond motifs is 1. The van der Waals surface area contributed by atoms with E-state index in [9.17, 15) is 19.1 Å². The van der Waals surface area contributed by atoms with Gasteiger partial charge in [0.15, 0.2) is 0 Å². The molecule has 3 rings (SSSR count). The SMILES string of the molecule is CC(C)(C)OC(=O)N1CC[C@H](S(=O)c2cnc3cc([N+](=O)[O-])ccc3n2)C1. The molecule has 1 aromatic heterocycles. The summed E-state index contributed by atoms with van der Waals surface area (Å²) in [5.41, 5.74) is 0.149. The van der Waals surface area contributed by atoms with Gasteiger partial charge in [-0.1, -0.05) is 0 Å². The number of aromatic nitrogens is 2. The summed E-state index contributed by atoms with van der Waals surface area (Å²) in [6, 6.07) is 4.15. The second-order valence-corrected chi connectivity index (χ2v) is 8.95. The largest absolute Gasteiger partial charge is 0.444 e. The minimum Gasteiger partial charge on any atom is -0.444 e. The third kappa shape index (κ3) is 4.38. The number of benzene rings is 1. The Morgan fingerprint density at radius 3 is 2.78 bits per heavy atom. The van der Waals surface area contributed by atoms with Crippen LogP contribution in [0.3, 0.4) is 0 Å². The molecule has 1 aliphatic rings. The molecule has 0 N–H and O–H groups in total. The monoisotopic (exact) mass is 392 g/mol. The van der Waals surface area contributed by atoms with Crippen molar-refractivity contribution in [3.63, 3.8) is 0 Å². The van der Waals surface area contributed by atoms with E-state index in [1.165, 1.54) is 24.4 Å². The molecule has 1 aliphatic heterocycles. The predicted octanol–water partition coefficient (Wildman–Crippen LogP) is 2.66. The summed E-state index contributed by atoms with van der Waals surface area (Å²) in [6.07, 6.45) is 1.53. The highest BCUT2D eigenvalue weighted by atomic mass is 32.2. The van der Waals surface area contributed by atoms with Crippen molar-refractivity contribution in [1.82, 2.24) is 14.9 Å². The number of ether oxygens (including phenoxy) is 1. The zero-order chi connectivity index (χ0) is 19.8. The fraction of sp³-hybridized carbons (Fsp3) is 0.471. The van der Waals surface area contributed by atoms with Crippen LogP contribution in [0.2, 0.25) is 0 Å². The normalized spacial score (nSPS) is 18.5. The molecule has 2 atom stereocenters. The van der Waals surface area contributed by atoms with Gasteiger partial charge in [-0.15, -0.1) is 0 Å². The smallest absolute Gasteiger partial charge is 0.410 e. The van der Waals surface area contributed by atoms with Gasteiger partial charge in [-0.25, -0.2) is 9.78 Å². The molecular weight excluding hydrogens is 372 g/mol. The van der Waals surface area contributed by atoms with Crippen LogP contribution in [0.25, 0.3) is 11.0 Å². The van der Waals surface area contributed by atoms with Crippen LogP contribution in [-0.2, 0) is 15.5 Å². The molecule has 0 aliphatic carbocycles. The number of non-ortho nitro benzene ring substituents is 1. The van der Waals surface area contributed by atoms with Crippen LogP contribution in [0.15, 0.2) is 29.4 Å². The van der Waals surface area contributed by atoms with Crippen molar-refractivity contribution in [3.8, 4) is 0 Å². The zero-order valence-corrected chi connectivity index (χ0v) is 16.1.